The van der Waals surface area contributed by atoms with Gasteiger partial charge in [0.2, 0.25) is 0 Å². The molecule has 0 unspecified atom stereocenters. The Morgan fingerprint density at radius 3 is 2.65 bits per heavy atom. The normalized spacial score (nSPS) is 11.9. The van der Waals surface area contributed by atoms with Gasteiger partial charge in [0.05, 0.1) is 0 Å². The van der Waals surface area contributed by atoms with E-state index < -0.39 is 24.5 Å². The summed E-state index contributed by atoms with van der Waals surface area (Å²) in [7, 11) is 0. The number of esters is 1. The van der Waals surface area contributed by atoms with Gasteiger partial charge in [0.25, 0.3) is 6.43 Å². The molecule has 0 aliphatic carbocycles. The molecule has 96 valence electrons. The molecule has 0 aliphatic rings. The van der Waals surface area contributed by atoms with Gasteiger partial charge in [-0.2, -0.15) is 5.10 Å². The van der Waals surface area contributed by atoms with Crippen molar-refractivity contribution >= 4 is 11.8 Å². The number of nitrogens with zero attached hydrogens (tertiary/aromatic N) is 2. The molecule has 0 fully saturated rings. The first-order valence-electron chi connectivity index (χ1n) is 5.04. The summed E-state index contributed by atoms with van der Waals surface area (Å²) in [6, 6.07) is 1.22. The van der Waals surface area contributed by atoms with Gasteiger partial charge in [-0.3, -0.25) is 4.68 Å². The molecule has 1 heterocycles. The molecule has 0 saturated heterocycles. The zero-order valence-electron chi connectivity index (χ0n) is 9.91. The second kappa shape index (κ2) is 4.68. The number of rotatable bonds is 3. The van der Waals surface area contributed by atoms with Gasteiger partial charge in [0.1, 0.15) is 23.7 Å². The van der Waals surface area contributed by atoms with Crippen molar-refractivity contribution in [3.63, 3.8) is 0 Å². The molecule has 0 atom stereocenters. The minimum Gasteiger partial charge on any atom is -0.455 e. The van der Waals surface area contributed by atoms with Gasteiger partial charge >= 0.3 is 5.97 Å². The van der Waals surface area contributed by atoms with Crippen molar-refractivity contribution in [2.45, 2.75) is 39.3 Å². The number of nitrogen functional groups attached to an aromatic ring is 1. The van der Waals surface area contributed by atoms with E-state index in [1.54, 1.807) is 20.8 Å². The number of carbonyl (C=O) groups excluding carboxylic acids is 1. The first-order valence-corrected chi connectivity index (χ1v) is 5.04. The topological polar surface area (TPSA) is 70.1 Å². The number of hydrogen-bond acceptors (Lipinski definition) is 4. The van der Waals surface area contributed by atoms with Crippen LogP contribution in [0.4, 0.5) is 14.6 Å². The van der Waals surface area contributed by atoms with Crippen molar-refractivity contribution in [3.8, 4) is 0 Å². The predicted octanol–water partition coefficient (Wildman–Crippen LogP) is 1.69. The van der Waals surface area contributed by atoms with Crippen LogP contribution >= 0.6 is 0 Å². The molecule has 2 N–H and O–H groups in total. The Morgan fingerprint density at radius 1 is 1.59 bits per heavy atom. The molecular weight excluding hydrogens is 232 g/mol. The number of carbonyl (C=O) groups is 1. The van der Waals surface area contributed by atoms with Crippen LogP contribution in [-0.4, -0.2) is 27.8 Å². The summed E-state index contributed by atoms with van der Waals surface area (Å²) >= 11 is 0. The monoisotopic (exact) mass is 247 g/mol. The van der Waals surface area contributed by atoms with Gasteiger partial charge in [-0.1, -0.05) is 0 Å². The van der Waals surface area contributed by atoms with Gasteiger partial charge in [-0.25, -0.2) is 13.6 Å². The molecule has 0 spiro atoms. The number of ether oxygens (including phenoxy) is 1. The Bertz CT molecular complexity index is 410. The average molecular weight is 247 g/mol. The van der Waals surface area contributed by atoms with Gasteiger partial charge in [0.15, 0.2) is 0 Å². The Labute approximate surface area is 97.5 Å². The molecule has 0 bridgehead atoms. The van der Waals surface area contributed by atoms with Crippen LogP contribution in [0.5, 0.6) is 0 Å². The van der Waals surface area contributed by atoms with Crippen LogP contribution < -0.4 is 5.73 Å². The number of alkyl halides is 2. The van der Waals surface area contributed by atoms with Gasteiger partial charge in [-0.05, 0) is 20.8 Å². The smallest absolute Gasteiger partial charge is 0.357 e. The van der Waals surface area contributed by atoms with Gasteiger partial charge in [-0.15, -0.1) is 0 Å². The molecule has 1 aromatic heterocycles. The van der Waals surface area contributed by atoms with Crippen LogP contribution in [0.25, 0.3) is 0 Å². The molecular formula is C10H15F2N3O2. The first kappa shape index (κ1) is 13.4. The minimum atomic E-state index is -2.62. The maximum atomic E-state index is 12.3. The van der Waals surface area contributed by atoms with E-state index >= 15 is 0 Å². The minimum absolute atomic E-state index is 0.00603. The molecule has 5 nitrogen and oxygen atoms in total. The lowest BCUT2D eigenvalue weighted by Crippen LogP contribution is -2.26. The van der Waals surface area contributed by atoms with Crippen LogP contribution in [0.15, 0.2) is 6.07 Å². The van der Waals surface area contributed by atoms with E-state index in [-0.39, 0.29) is 11.5 Å². The molecule has 1 rings (SSSR count). The third-order valence-corrected chi connectivity index (χ3v) is 1.72. The predicted molar refractivity (Wildman–Crippen MR) is 57.8 cm³/mol. The van der Waals surface area contributed by atoms with Gasteiger partial charge in [0, 0.05) is 6.07 Å². The average Bonchev–Trinajstić information content (AvgIpc) is 2.42. The zero-order valence-corrected chi connectivity index (χ0v) is 9.91. The van der Waals surface area contributed by atoms with E-state index in [0.717, 1.165) is 4.68 Å². The van der Waals surface area contributed by atoms with Crippen LogP contribution in [-0.2, 0) is 11.3 Å². The number of halogens is 2. The maximum Gasteiger partial charge on any atom is 0.357 e. The molecule has 7 heteroatoms. The Morgan fingerprint density at radius 2 is 2.18 bits per heavy atom. The summed E-state index contributed by atoms with van der Waals surface area (Å²) in [6.07, 6.45) is -2.62. The van der Waals surface area contributed by atoms with Crippen molar-refractivity contribution in [2.24, 2.45) is 0 Å². The molecule has 0 radical (unpaired) electrons. The van der Waals surface area contributed by atoms with Crippen LogP contribution in [0, 0.1) is 0 Å². The summed E-state index contributed by atoms with van der Waals surface area (Å²) in [5, 5.41) is 3.62. The van der Waals surface area contributed by atoms with E-state index in [0.29, 0.717) is 0 Å². The Kier molecular flexibility index (Phi) is 3.69. The molecule has 1 aromatic rings. The third kappa shape index (κ3) is 4.01. The maximum absolute atomic E-state index is 12.3. The van der Waals surface area contributed by atoms with E-state index in [2.05, 4.69) is 5.10 Å². The fraction of sp³-hybridized carbons (Fsp3) is 0.600. The number of aromatic nitrogens is 2. The number of hydrogen-bond donors (Lipinski definition) is 1. The summed E-state index contributed by atoms with van der Waals surface area (Å²) < 4.78 is 30.4. The van der Waals surface area contributed by atoms with Crippen molar-refractivity contribution in [2.75, 3.05) is 5.73 Å². The SMILES string of the molecule is CC(C)(C)OC(=O)c1cc(N)nn1CC(F)F. The lowest BCUT2D eigenvalue weighted by Gasteiger charge is -2.19. The lowest BCUT2D eigenvalue weighted by atomic mass is 10.2. The summed E-state index contributed by atoms with van der Waals surface area (Å²) in [6.45, 7) is 4.36. The molecule has 17 heavy (non-hydrogen) atoms. The summed E-state index contributed by atoms with van der Waals surface area (Å²) in [5.74, 6) is -0.714. The molecule has 0 aliphatic heterocycles. The van der Waals surface area contributed by atoms with E-state index in [1.807, 2.05) is 0 Å². The number of anilines is 1. The van der Waals surface area contributed by atoms with E-state index in [4.69, 9.17) is 10.5 Å². The van der Waals surface area contributed by atoms with Crippen LogP contribution in [0.1, 0.15) is 31.3 Å². The third-order valence-electron chi connectivity index (χ3n) is 1.72. The standard InChI is InChI=1S/C10H15F2N3O2/c1-10(2,3)17-9(16)6-4-8(13)14-15(6)5-7(11)12/h4,7H,5H2,1-3H3,(H2,13,14). The van der Waals surface area contributed by atoms with E-state index in [1.165, 1.54) is 6.07 Å². The lowest BCUT2D eigenvalue weighted by molar-refractivity contribution is 0.00515. The molecule has 0 aromatic carbocycles. The number of nitrogens with two attached hydrogens (primary N) is 1. The molecule has 0 saturated carbocycles. The highest BCUT2D eigenvalue weighted by atomic mass is 19.3. The highest BCUT2D eigenvalue weighted by molar-refractivity contribution is 5.88. The Balaban J connectivity index is 2.93. The van der Waals surface area contributed by atoms with Crippen molar-refractivity contribution in [3.05, 3.63) is 11.8 Å². The fourth-order valence-corrected chi connectivity index (χ4v) is 1.20. The fourth-order valence-electron chi connectivity index (χ4n) is 1.20. The largest absolute Gasteiger partial charge is 0.455 e. The quantitative estimate of drug-likeness (QED) is 0.825. The second-order valence-electron chi connectivity index (χ2n) is 4.53. The van der Waals surface area contributed by atoms with E-state index in [9.17, 15) is 13.6 Å². The summed E-state index contributed by atoms with van der Waals surface area (Å²) in [5.41, 5.74) is 4.60. The van der Waals surface area contributed by atoms with Crippen molar-refractivity contribution < 1.29 is 18.3 Å². The van der Waals surface area contributed by atoms with Crippen molar-refractivity contribution in [1.82, 2.24) is 9.78 Å². The Hall–Kier alpha value is -1.66. The highest BCUT2D eigenvalue weighted by Crippen LogP contribution is 2.15. The first-order chi connectivity index (χ1) is 7.69. The van der Waals surface area contributed by atoms with Crippen molar-refractivity contribution in [1.29, 1.82) is 0 Å². The second-order valence-corrected chi connectivity index (χ2v) is 4.53. The van der Waals surface area contributed by atoms with Crippen LogP contribution in [0.2, 0.25) is 0 Å². The zero-order chi connectivity index (χ0) is 13.2. The summed E-state index contributed by atoms with van der Waals surface area (Å²) in [4.78, 5) is 11.7. The van der Waals surface area contributed by atoms with Crippen LogP contribution in [0.3, 0.4) is 0 Å². The molecule has 0 amide bonds. The van der Waals surface area contributed by atoms with Gasteiger partial charge < -0.3 is 10.5 Å². The highest BCUT2D eigenvalue weighted by Gasteiger charge is 2.23.